The van der Waals surface area contributed by atoms with E-state index in [9.17, 15) is 14.9 Å². The van der Waals surface area contributed by atoms with E-state index in [4.69, 9.17) is 9.47 Å². The van der Waals surface area contributed by atoms with E-state index in [1.165, 1.54) is 0 Å². The molecule has 0 spiro atoms. The van der Waals surface area contributed by atoms with Gasteiger partial charge in [-0.05, 0) is 20.8 Å². The SMILES string of the molecule is Cn1cc(-c2cc([N+](=O)[O-])c3c(c2N2CCN(C(=O)OC(C)(C)C)CC2)CCO3)cn1. The molecule has 2 aromatic rings. The van der Waals surface area contributed by atoms with E-state index in [1.54, 1.807) is 21.8 Å². The van der Waals surface area contributed by atoms with E-state index in [0.29, 0.717) is 45.0 Å². The Morgan fingerprint density at radius 1 is 1.26 bits per heavy atom. The fourth-order valence-corrected chi connectivity index (χ4v) is 4.06. The molecule has 1 aromatic heterocycles. The van der Waals surface area contributed by atoms with Gasteiger partial charge in [0.25, 0.3) is 0 Å². The molecule has 2 aliphatic heterocycles. The van der Waals surface area contributed by atoms with Crippen molar-refractivity contribution in [1.82, 2.24) is 14.7 Å². The summed E-state index contributed by atoms with van der Waals surface area (Å²) < 4.78 is 12.8. The normalized spacial score (nSPS) is 16.1. The van der Waals surface area contributed by atoms with Crippen LogP contribution in [0.1, 0.15) is 26.3 Å². The molecule has 1 saturated heterocycles. The average Bonchev–Trinajstić information content (AvgIpc) is 3.34. The zero-order chi connectivity index (χ0) is 22.3. The number of anilines is 1. The minimum absolute atomic E-state index is 0.0255. The van der Waals surface area contributed by atoms with Gasteiger partial charge in [-0.1, -0.05) is 0 Å². The number of aryl methyl sites for hydroxylation is 1. The molecule has 0 N–H and O–H groups in total. The molecular formula is C21H27N5O5. The summed E-state index contributed by atoms with van der Waals surface area (Å²) in [5.74, 6) is 0.349. The quantitative estimate of drug-likeness (QED) is 0.546. The number of rotatable bonds is 3. The van der Waals surface area contributed by atoms with E-state index in [0.717, 1.165) is 22.4 Å². The van der Waals surface area contributed by atoms with Crippen molar-refractivity contribution in [2.75, 3.05) is 37.7 Å². The van der Waals surface area contributed by atoms with Gasteiger partial charge in [-0.3, -0.25) is 14.8 Å². The number of piperazine rings is 1. The van der Waals surface area contributed by atoms with Crippen LogP contribution in [0.2, 0.25) is 0 Å². The molecule has 31 heavy (non-hydrogen) atoms. The average molecular weight is 429 g/mol. The highest BCUT2D eigenvalue weighted by molar-refractivity contribution is 5.86. The largest absolute Gasteiger partial charge is 0.486 e. The van der Waals surface area contributed by atoms with E-state index in [1.807, 2.05) is 34.0 Å². The van der Waals surface area contributed by atoms with Gasteiger partial charge in [0.2, 0.25) is 5.75 Å². The van der Waals surface area contributed by atoms with Crippen LogP contribution in [0.25, 0.3) is 11.1 Å². The molecule has 1 aromatic carbocycles. The Labute approximate surface area is 180 Å². The first-order valence-electron chi connectivity index (χ1n) is 10.3. The second-order valence-corrected chi connectivity index (χ2v) is 8.81. The molecule has 166 valence electrons. The van der Waals surface area contributed by atoms with Gasteiger partial charge in [0.1, 0.15) is 5.60 Å². The molecule has 0 aliphatic carbocycles. The van der Waals surface area contributed by atoms with E-state index >= 15 is 0 Å². The van der Waals surface area contributed by atoms with Gasteiger partial charge in [0.05, 0.1) is 23.4 Å². The number of hydrogen-bond donors (Lipinski definition) is 0. The highest BCUT2D eigenvalue weighted by Crippen LogP contribution is 2.47. The number of amides is 1. The third kappa shape index (κ3) is 4.14. The topological polar surface area (TPSA) is 103 Å². The van der Waals surface area contributed by atoms with Crippen LogP contribution in [-0.4, -0.2) is 64.1 Å². The van der Waals surface area contributed by atoms with Gasteiger partial charge in [-0.2, -0.15) is 5.10 Å². The summed E-state index contributed by atoms with van der Waals surface area (Å²) in [5, 5.41) is 15.9. The summed E-state index contributed by atoms with van der Waals surface area (Å²) in [6, 6.07) is 1.58. The molecule has 0 radical (unpaired) electrons. The predicted molar refractivity (Wildman–Crippen MR) is 115 cm³/mol. The van der Waals surface area contributed by atoms with Crippen molar-refractivity contribution >= 4 is 17.5 Å². The summed E-state index contributed by atoms with van der Waals surface area (Å²) in [4.78, 5) is 27.6. The second-order valence-electron chi connectivity index (χ2n) is 8.81. The van der Waals surface area contributed by atoms with Gasteiger partial charge >= 0.3 is 11.8 Å². The van der Waals surface area contributed by atoms with E-state index in [-0.39, 0.29) is 11.8 Å². The molecule has 1 fully saturated rings. The Balaban J connectivity index is 1.68. The minimum Gasteiger partial charge on any atom is -0.486 e. The van der Waals surface area contributed by atoms with Crippen molar-refractivity contribution in [2.24, 2.45) is 7.05 Å². The lowest BCUT2D eigenvalue weighted by molar-refractivity contribution is -0.385. The van der Waals surface area contributed by atoms with Crippen molar-refractivity contribution in [3.63, 3.8) is 0 Å². The first-order chi connectivity index (χ1) is 14.6. The minimum atomic E-state index is -0.543. The van der Waals surface area contributed by atoms with E-state index < -0.39 is 10.5 Å². The maximum Gasteiger partial charge on any atom is 0.410 e. The number of carbonyl (C=O) groups excluding carboxylic acids is 1. The second kappa shape index (κ2) is 7.75. The summed E-state index contributed by atoms with van der Waals surface area (Å²) in [6.07, 6.45) is 3.84. The van der Waals surface area contributed by atoms with Crippen molar-refractivity contribution in [3.05, 3.63) is 34.1 Å². The summed E-state index contributed by atoms with van der Waals surface area (Å²) >= 11 is 0. The van der Waals surface area contributed by atoms with Crippen molar-refractivity contribution < 1.29 is 19.2 Å². The van der Waals surface area contributed by atoms with Crippen LogP contribution in [0.3, 0.4) is 0 Å². The fraction of sp³-hybridized carbons (Fsp3) is 0.524. The number of nitro benzene ring substituents is 1. The number of carbonyl (C=O) groups is 1. The van der Waals surface area contributed by atoms with Crippen LogP contribution in [0.4, 0.5) is 16.2 Å². The molecule has 0 unspecified atom stereocenters. The van der Waals surface area contributed by atoms with Crippen LogP contribution in [0.15, 0.2) is 18.5 Å². The number of nitrogens with zero attached hydrogens (tertiary/aromatic N) is 5. The third-order valence-corrected chi connectivity index (χ3v) is 5.39. The maximum atomic E-state index is 12.4. The molecule has 0 bridgehead atoms. The van der Waals surface area contributed by atoms with Gasteiger partial charge in [-0.15, -0.1) is 0 Å². The first-order valence-corrected chi connectivity index (χ1v) is 10.3. The predicted octanol–water partition coefficient (Wildman–Crippen LogP) is 2.99. The molecule has 10 nitrogen and oxygen atoms in total. The summed E-state index contributed by atoms with van der Waals surface area (Å²) in [5.41, 5.74) is 2.77. The monoisotopic (exact) mass is 429 g/mol. The lowest BCUT2D eigenvalue weighted by atomic mass is 9.97. The number of benzene rings is 1. The molecule has 1 amide bonds. The number of hydrogen-bond acceptors (Lipinski definition) is 7. The van der Waals surface area contributed by atoms with Gasteiger partial charge in [0.15, 0.2) is 0 Å². The molecule has 0 atom stereocenters. The van der Waals surface area contributed by atoms with Gasteiger partial charge in [0, 0.05) is 68.6 Å². The van der Waals surface area contributed by atoms with Crippen LogP contribution in [-0.2, 0) is 18.2 Å². The van der Waals surface area contributed by atoms with Crippen LogP contribution >= 0.6 is 0 Å². The lowest BCUT2D eigenvalue weighted by Crippen LogP contribution is -2.50. The van der Waals surface area contributed by atoms with Gasteiger partial charge < -0.3 is 19.3 Å². The summed E-state index contributed by atoms with van der Waals surface area (Å²) in [6.45, 7) is 8.16. The van der Waals surface area contributed by atoms with Crippen LogP contribution in [0.5, 0.6) is 5.75 Å². The Bertz CT molecular complexity index is 1020. The van der Waals surface area contributed by atoms with Crippen molar-refractivity contribution in [1.29, 1.82) is 0 Å². The molecule has 4 rings (SSSR count). The molecule has 0 saturated carbocycles. The zero-order valence-electron chi connectivity index (χ0n) is 18.3. The Morgan fingerprint density at radius 3 is 2.55 bits per heavy atom. The number of aromatic nitrogens is 2. The highest BCUT2D eigenvalue weighted by Gasteiger charge is 2.34. The highest BCUT2D eigenvalue weighted by atomic mass is 16.6. The fourth-order valence-electron chi connectivity index (χ4n) is 4.06. The maximum absolute atomic E-state index is 12.4. The van der Waals surface area contributed by atoms with Gasteiger partial charge in [-0.25, -0.2) is 4.79 Å². The Morgan fingerprint density at radius 2 is 1.97 bits per heavy atom. The Kier molecular flexibility index (Phi) is 5.24. The third-order valence-electron chi connectivity index (χ3n) is 5.39. The Hall–Kier alpha value is -3.30. The first kappa shape index (κ1) is 21.0. The van der Waals surface area contributed by atoms with Crippen molar-refractivity contribution in [2.45, 2.75) is 32.8 Å². The molecule has 2 aliphatic rings. The smallest absolute Gasteiger partial charge is 0.410 e. The van der Waals surface area contributed by atoms with Crippen molar-refractivity contribution in [3.8, 4) is 16.9 Å². The van der Waals surface area contributed by atoms with Crippen LogP contribution in [0, 0.1) is 10.1 Å². The number of fused-ring (bicyclic) bond motifs is 1. The number of ether oxygens (including phenoxy) is 2. The molecule has 3 heterocycles. The van der Waals surface area contributed by atoms with E-state index in [2.05, 4.69) is 10.00 Å². The standard InChI is InChI=1S/C21H27N5O5/c1-21(2,3)31-20(27)25-8-6-24(7-9-25)18-15-5-10-30-19(15)17(26(28)29)11-16(18)14-12-22-23(4)13-14/h11-13H,5-10H2,1-4H3. The number of nitro groups is 1. The summed E-state index contributed by atoms with van der Waals surface area (Å²) in [7, 11) is 1.81. The van der Waals surface area contributed by atoms with Crippen LogP contribution < -0.4 is 9.64 Å². The molecular weight excluding hydrogens is 402 g/mol. The molecule has 10 heteroatoms. The lowest BCUT2D eigenvalue weighted by Gasteiger charge is -2.38. The zero-order valence-corrected chi connectivity index (χ0v) is 18.3.